The summed E-state index contributed by atoms with van der Waals surface area (Å²) in [4.78, 5) is 19.9. The van der Waals surface area contributed by atoms with Crippen molar-refractivity contribution in [2.45, 2.75) is 39.0 Å². The summed E-state index contributed by atoms with van der Waals surface area (Å²) in [6.07, 6.45) is 7.81. The fourth-order valence-electron chi connectivity index (χ4n) is 4.84. The Labute approximate surface area is 177 Å². The Morgan fingerprint density at radius 1 is 1.07 bits per heavy atom. The van der Waals surface area contributed by atoms with Gasteiger partial charge in [-0.25, -0.2) is 4.98 Å². The maximum atomic E-state index is 13.2. The van der Waals surface area contributed by atoms with E-state index >= 15 is 0 Å². The fourth-order valence-corrected chi connectivity index (χ4v) is 4.84. The third kappa shape index (κ3) is 3.26. The van der Waals surface area contributed by atoms with Gasteiger partial charge in [0.15, 0.2) is 0 Å². The zero-order valence-corrected chi connectivity index (χ0v) is 17.4. The van der Waals surface area contributed by atoms with Gasteiger partial charge in [-0.15, -0.1) is 0 Å². The number of benzene rings is 2. The summed E-state index contributed by atoms with van der Waals surface area (Å²) >= 11 is 0. The molecule has 0 atom stereocenters. The van der Waals surface area contributed by atoms with Crippen LogP contribution in [0.2, 0.25) is 0 Å². The van der Waals surface area contributed by atoms with E-state index in [9.17, 15) is 4.79 Å². The van der Waals surface area contributed by atoms with Crippen molar-refractivity contribution < 1.29 is 4.79 Å². The molecule has 4 nitrogen and oxygen atoms in total. The molecule has 30 heavy (non-hydrogen) atoms. The number of aromatic nitrogens is 1. The highest BCUT2D eigenvalue weighted by Gasteiger charge is 2.23. The van der Waals surface area contributed by atoms with E-state index in [1.165, 1.54) is 12.0 Å². The first-order valence-electron chi connectivity index (χ1n) is 10.9. The number of carbonyl (C=O) groups is 1. The SMILES string of the molecule is Cc1cccc(C(=O)N2CCCC2)c1-c1ccc2nc(N)c(C3=CCCC3)cc2c1. The molecule has 3 aromatic rings. The summed E-state index contributed by atoms with van der Waals surface area (Å²) in [5.74, 6) is 0.739. The van der Waals surface area contributed by atoms with Crippen LogP contribution in [0.5, 0.6) is 0 Å². The van der Waals surface area contributed by atoms with Crippen LogP contribution < -0.4 is 5.73 Å². The lowest BCUT2D eigenvalue weighted by atomic mass is 9.93. The number of nitrogens with two attached hydrogens (primary N) is 1. The molecule has 0 saturated carbocycles. The van der Waals surface area contributed by atoms with E-state index in [-0.39, 0.29) is 5.91 Å². The summed E-state index contributed by atoms with van der Waals surface area (Å²) in [7, 11) is 0. The van der Waals surface area contributed by atoms with Crippen LogP contribution >= 0.6 is 0 Å². The lowest BCUT2D eigenvalue weighted by Gasteiger charge is -2.19. The second-order valence-corrected chi connectivity index (χ2v) is 8.45. The Kier molecular flexibility index (Phi) is 4.78. The molecule has 1 aliphatic carbocycles. The van der Waals surface area contributed by atoms with Crippen molar-refractivity contribution in [2.24, 2.45) is 0 Å². The van der Waals surface area contributed by atoms with Crippen molar-refractivity contribution in [3.63, 3.8) is 0 Å². The normalized spacial score (nSPS) is 16.3. The van der Waals surface area contributed by atoms with E-state index in [4.69, 9.17) is 5.73 Å². The molecule has 1 aliphatic heterocycles. The quantitative estimate of drug-likeness (QED) is 0.626. The van der Waals surface area contributed by atoms with Gasteiger partial charge in [-0.1, -0.05) is 24.3 Å². The van der Waals surface area contributed by atoms with Crippen LogP contribution in [0.15, 0.2) is 48.5 Å². The number of rotatable bonds is 3. The number of carbonyl (C=O) groups excluding carboxylic acids is 1. The largest absolute Gasteiger partial charge is 0.383 e. The highest BCUT2D eigenvalue weighted by Crippen LogP contribution is 2.35. The Morgan fingerprint density at radius 3 is 2.67 bits per heavy atom. The molecule has 2 aliphatic rings. The van der Waals surface area contributed by atoms with Crippen LogP contribution in [0.4, 0.5) is 5.82 Å². The third-order valence-electron chi connectivity index (χ3n) is 6.42. The highest BCUT2D eigenvalue weighted by molar-refractivity contribution is 6.03. The summed E-state index contributed by atoms with van der Waals surface area (Å²) < 4.78 is 0. The number of pyridine rings is 1. The van der Waals surface area contributed by atoms with E-state index in [1.807, 2.05) is 23.1 Å². The monoisotopic (exact) mass is 397 g/mol. The molecule has 0 unspecified atom stereocenters. The number of anilines is 1. The summed E-state index contributed by atoms with van der Waals surface area (Å²) in [5.41, 5.74) is 13.5. The minimum Gasteiger partial charge on any atom is -0.383 e. The molecular formula is C26H27N3O. The highest BCUT2D eigenvalue weighted by atomic mass is 16.2. The first-order valence-corrected chi connectivity index (χ1v) is 10.9. The molecule has 4 heteroatoms. The van der Waals surface area contributed by atoms with Crippen molar-refractivity contribution in [2.75, 3.05) is 18.8 Å². The number of nitrogens with zero attached hydrogens (tertiary/aromatic N) is 2. The second kappa shape index (κ2) is 7.60. The Morgan fingerprint density at radius 2 is 1.90 bits per heavy atom. The smallest absolute Gasteiger partial charge is 0.254 e. The number of aryl methyl sites for hydroxylation is 1. The van der Waals surface area contributed by atoms with E-state index in [0.29, 0.717) is 5.82 Å². The van der Waals surface area contributed by atoms with Crippen molar-refractivity contribution in [1.29, 1.82) is 0 Å². The van der Waals surface area contributed by atoms with E-state index in [1.54, 1.807) is 0 Å². The predicted molar refractivity (Wildman–Crippen MR) is 123 cm³/mol. The molecule has 1 amide bonds. The van der Waals surface area contributed by atoms with Crippen LogP contribution in [0.25, 0.3) is 27.6 Å². The van der Waals surface area contributed by atoms with E-state index in [2.05, 4.69) is 42.2 Å². The van der Waals surface area contributed by atoms with Gasteiger partial charge in [0.1, 0.15) is 5.82 Å². The van der Waals surface area contributed by atoms with Crippen LogP contribution in [0.3, 0.4) is 0 Å². The molecule has 2 aromatic carbocycles. The summed E-state index contributed by atoms with van der Waals surface area (Å²) in [5, 5.41) is 1.06. The van der Waals surface area contributed by atoms with Crippen LogP contribution in [0.1, 0.15) is 53.6 Å². The standard InChI is InChI=1S/C26H27N3O/c1-17-7-6-10-21(26(30)29-13-4-5-14-29)24(17)19-11-12-23-20(15-19)16-22(25(27)28-23)18-8-2-3-9-18/h6-8,10-12,15-16H,2-5,9,13-14H2,1H3,(H2,27,28). The minimum absolute atomic E-state index is 0.138. The molecule has 5 rings (SSSR count). The molecule has 152 valence electrons. The van der Waals surface area contributed by atoms with Gasteiger partial charge in [-0.05, 0) is 85.6 Å². The van der Waals surface area contributed by atoms with Gasteiger partial charge in [0.25, 0.3) is 5.91 Å². The Bertz CT molecular complexity index is 1170. The zero-order valence-electron chi connectivity index (χ0n) is 17.4. The summed E-state index contributed by atoms with van der Waals surface area (Å²) in [6.45, 7) is 3.79. The Hall–Kier alpha value is -3.14. The number of hydrogen-bond acceptors (Lipinski definition) is 3. The number of amides is 1. The average Bonchev–Trinajstić information content (AvgIpc) is 3.46. The number of nitrogen functional groups attached to an aromatic ring is 1. The maximum Gasteiger partial charge on any atom is 0.254 e. The van der Waals surface area contributed by atoms with Crippen molar-refractivity contribution in [3.8, 4) is 11.1 Å². The van der Waals surface area contributed by atoms with Gasteiger partial charge < -0.3 is 10.6 Å². The maximum absolute atomic E-state index is 13.2. The van der Waals surface area contributed by atoms with Crippen molar-refractivity contribution >= 4 is 28.2 Å². The van der Waals surface area contributed by atoms with Gasteiger partial charge in [0, 0.05) is 29.6 Å². The van der Waals surface area contributed by atoms with Gasteiger partial charge in [0.05, 0.1) is 5.52 Å². The van der Waals surface area contributed by atoms with Crippen LogP contribution in [-0.4, -0.2) is 28.9 Å². The molecule has 2 heterocycles. The van der Waals surface area contributed by atoms with E-state index < -0.39 is 0 Å². The van der Waals surface area contributed by atoms with Crippen LogP contribution in [0, 0.1) is 6.92 Å². The van der Waals surface area contributed by atoms with E-state index in [0.717, 1.165) is 77.5 Å². The molecule has 0 radical (unpaired) electrons. The number of likely N-dealkylation sites (tertiary alicyclic amines) is 1. The van der Waals surface area contributed by atoms with Crippen LogP contribution in [-0.2, 0) is 0 Å². The molecule has 0 bridgehead atoms. The predicted octanol–water partition coefficient (Wildman–Crippen LogP) is 5.60. The Balaban J connectivity index is 1.63. The molecular weight excluding hydrogens is 370 g/mol. The van der Waals surface area contributed by atoms with Gasteiger partial charge >= 0.3 is 0 Å². The summed E-state index contributed by atoms with van der Waals surface area (Å²) in [6, 6.07) is 14.4. The van der Waals surface area contributed by atoms with Crippen molar-refractivity contribution in [3.05, 3.63) is 65.2 Å². The molecule has 1 aromatic heterocycles. The number of hydrogen-bond donors (Lipinski definition) is 1. The topological polar surface area (TPSA) is 59.2 Å². The number of fused-ring (bicyclic) bond motifs is 1. The zero-order chi connectivity index (χ0) is 20.7. The first-order chi connectivity index (χ1) is 14.6. The van der Waals surface area contributed by atoms with Crippen molar-refractivity contribution in [1.82, 2.24) is 9.88 Å². The van der Waals surface area contributed by atoms with Gasteiger partial charge in [0.2, 0.25) is 0 Å². The molecule has 2 N–H and O–H groups in total. The van der Waals surface area contributed by atoms with Gasteiger partial charge in [-0.3, -0.25) is 4.79 Å². The first kappa shape index (κ1) is 18.9. The number of allylic oxidation sites excluding steroid dienone is 2. The second-order valence-electron chi connectivity index (χ2n) is 8.45. The lowest BCUT2D eigenvalue weighted by Crippen LogP contribution is -2.28. The lowest BCUT2D eigenvalue weighted by molar-refractivity contribution is 0.0793. The minimum atomic E-state index is 0.138. The fraction of sp³-hybridized carbons (Fsp3) is 0.308. The third-order valence-corrected chi connectivity index (χ3v) is 6.42. The molecule has 1 saturated heterocycles. The molecule has 0 spiro atoms. The molecule has 1 fully saturated rings. The van der Waals surface area contributed by atoms with Gasteiger partial charge in [-0.2, -0.15) is 0 Å². The average molecular weight is 398 g/mol.